The molecule has 0 aliphatic rings. The lowest BCUT2D eigenvalue weighted by Crippen LogP contribution is -2.05. The first kappa shape index (κ1) is 17.3. The average Bonchev–Trinajstić information content (AvgIpc) is 2.47. The van der Waals surface area contributed by atoms with Gasteiger partial charge in [-0.25, -0.2) is 0 Å². The molecule has 0 radical (unpaired) electrons. The normalized spacial score (nSPS) is 12.6. The number of unbranched alkanes of at least 4 members (excludes halogenated alkanes) is 3. The van der Waals surface area contributed by atoms with Crippen LogP contribution in [-0.2, 0) is 12.8 Å². The molecule has 0 nitrogen and oxygen atoms in total. The number of hydrogen-bond donors (Lipinski definition) is 0. The van der Waals surface area contributed by atoms with E-state index in [1.54, 1.807) is 5.56 Å². The highest BCUT2D eigenvalue weighted by molar-refractivity contribution is 5.23. The van der Waals surface area contributed by atoms with Gasteiger partial charge in [0.2, 0.25) is 0 Å². The second kappa shape index (κ2) is 10.9. The Labute approximate surface area is 127 Å². The molecule has 0 fully saturated rings. The number of rotatable bonds is 11. The molecule has 0 heterocycles. The van der Waals surface area contributed by atoms with Gasteiger partial charge in [0.15, 0.2) is 0 Å². The van der Waals surface area contributed by atoms with Gasteiger partial charge in [-0.05, 0) is 29.9 Å². The summed E-state index contributed by atoms with van der Waals surface area (Å²) in [7, 11) is 0. The lowest BCUT2D eigenvalue weighted by Gasteiger charge is -2.17. The van der Waals surface area contributed by atoms with E-state index in [0.717, 1.165) is 5.92 Å². The Morgan fingerprint density at radius 2 is 1.30 bits per heavy atom. The van der Waals surface area contributed by atoms with Crippen molar-refractivity contribution in [2.75, 3.05) is 0 Å². The first-order valence-electron chi connectivity index (χ1n) is 8.87. The molecular weight excluding hydrogens is 240 g/mol. The largest absolute Gasteiger partial charge is 0.0654 e. The molecule has 0 heteroatoms. The molecule has 114 valence electrons. The van der Waals surface area contributed by atoms with Crippen molar-refractivity contribution in [3.8, 4) is 0 Å². The molecule has 0 aliphatic carbocycles. The zero-order valence-corrected chi connectivity index (χ0v) is 14.0. The van der Waals surface area contributed by atoms with Crippen LogP contribution in [0.25, 0.3) is 0 Å². The summed E-state index contributed by atoms with van der Waals surface area (Å²) in [4.78, 5) is 0. The third-order valence-electron chi connectivity index (χ3n) is 4.27. The van der Waals surface area contributed by atoms with E-state index in [2.05, 4.69) is 45.0 Å². The summed E-state index contributed by atoms with van der Waals surface area (Å²) in [6, 6.07) is 9.40. The predicted octanol–water partition coefficient (Wildman–Crippen LogP) is 6.57. The van der Waals surface area contributed by atoms with Crippen molar-refractivity contribution in [2.45, 2.75) is 85.0 Å². The smallest absolute Gasteiger partial charge is 0.0250 e. The van der Waals surface area contributed by atoms with Crippen LogP contribution in [0.1, 0.15) is 83.3 Å². The van der Waals surface area contributed by atoms with Crippen LogP contribution in [0.5, 0.6) is 0 Å². The second-order valence-electron chi connectivity index (χ2n) is 6.27. The Kier molecular flexibility index (Phi) is 9.45. The van der Waals surface area contributed by atoms with E-state index >= 15 is 0 Å². The van der Waals surface area contributed by atoms with E-state index in [1.807, 2.05) is 0 Å². The van der Waals surface area contributed by atoms with E-state index in [1.165, 1.54) is 69.8 Å². The summed E-state index contributed by atoms with van der Waals surface area (Å²) in [5.41, 5.74) is 3.04. The molecule has 1 aromatic carbocycles. The summed E-state index contributed by atoms with van der Waals surface area (Å²) < 4.78 is 0. The van der Waals surface area contributed by atoms with E-state index in [9.17, 15) is 0 Å². The van der Waals surface area contributed by atoms with Crippen LogP contribution in [0.2, 0.25) is 0 Å². The molecule has 1 atom stereocenters. The van der Waals surface area contributed by atoms with Gasteiger partial charge in [-0.15, -0.1) is 0 Å². The van der Waals surface area contributed by atoms with Crippen molar-refractivity contribution in [3.05, 3.63) is 35.4 Å². The fraction of sp³-hybridized carbons (Fsp3) is 0.700. The second-order valence-corrected chi connectivity index (χ2v) is 6.27. The maximum Gasteiger partial charge on any atom is -0.0250 e. The fourth-order valence-electron chi connectivity index (χ4n) is 2.99. The first-order chi connectivity index (χ1) is 9.80. The summed E-state index contributed by atoms with van der Waals surface area (Å²) in [5, 5.41) is 0. The van der Waals surface area contributed by atoms with E-state index in [0.29, 0.717) is 0 Å². The topological polar surface area (TPSA) is 0 Å². The fourth-order valence-corrected chi connectivity index (χ4v) is 2.99. The monoisotopic (exact) mass is 274 g/mol. The molecule has 0 spiro atoms. The average molecular weight is 274 g/mol. The van der Waals surface area contributed by atoms with Gasteiger partial charge >= 0.3 is 0 Å². The molecule has 1 unspecified atom stereocenters. The third kappa shape index (κ3) is 7.12. The molecule has 0 saturated carbocycles. The number of hydrogen-bond acceptors (Lipinski definition) is 0. The molecule has 0 saturated heterocycles. The molecule has 0 bridgehead atoms. The zero-order valence-electron chi connectivity index (χ0n) is 14.0. The van der Waals surface area contributed by atoms with Crippen molar-refractivity contribution in [1.29, 1.82) is 0 Å². The van der Waals surface area contributed by atoms with Crippen LogP contribution < -0.4 is 0 Å². The van der Waals surface area contributed by atoms with Crippen molar-refractivity contribution >= 4 is 0 Å². The first-order valence-corrected chi connectivity index (χ1v) is 8.87. The molecule has 1 aromatic rings. The minimum absolute atomic E-state index is 0.901. The summed E-state index contributed by atoms with van der Waals surface area (Å²) >= 11 is 0. The Hall–Kier alpha value is -0.780. The van der Waals surface area contributed by atoms with Gasteiger partial charge in [0, 0.05) is 0 Å². The quantitative estimate of drug-likeness (QED) is 0.400. The van der Waals surface area contributed by atoms with Crippen LogP contribution in [0.4, 0.5) is 0 Å². The molecule has 20 heavy (non-hydrogen) atoms. The maximum atomic E-state index is 2.36. The van der Waals surface area contributed by atoms with Gasteiger partial charge < -0.3 is 0 Å². The van der Waals surface area contributed by atoms with Crippen LogP contribution >= 0.6 is 0 Å². The molecule has 0 aliphatic heterocycles. The molecule has 0 N–H and O–H groups in total. The zero-order chi connectivity index (χ0) is 14.6. The lowest BCUT2D eigenvalue weighted by molar-refractivity contribution is 0.412. The standard InChI is InChI=1S/C20H34/c1-4-7-9-12-19(11-8-5-2)17-20-15-13-18(10-6-3)14-16-20/h13-16,19H,4-12,17H2,1-3H3. The van der Waals surface area contributed by atoms with E-state index < -0.39 is 0 Å². The maximum absolute atomic E-state index is 2.36. The number of aryl methyl sites for hydroxylation is 1. The predicted molar refractivity (Wildman–Crippen MR) is 91.3 cm³/mol. The minimum atomic E-state index is 0.901. The SMILES string of the molecule is CCCCCC(CCCC)Cc1ccc(CCC)cc1. The third-order valence-corrected chi connectivity index (χ3v) is 4.27. The Bertz CT molecular complexity index is 322. The van der Waals surface area contributed by atoms with Gasteiger partial charge in [0.05, 0.1) is 0 Å². The summed E-state index contributed by atoms with van der Waals surface area (Å²) in [6.45, 7) is 6.86. The highest BCUT2D eigenvalue weighted by atomic mass is 14.1. The summed E-state index contributed by atoms with van der Waals surface area (Å²) in [5.74, 6) is 0.901. The lowest BCUT2D eigenvalue weighted by atomic mass is 9.89. The Morgan fingerprint density at radius 3 is 1.90 bits per heavy atom. The highest BCUT2D eigenvalue weighted by Gasteiger charge is 2.09. The van der Waals surface area contributed by atoms with Gasteiger partial charge in [0.1, 0.15) is 0 Å². The van der Waals surface area contributed by atoms with Crippen LogP contribution in [0.3, 0.4) is 0 Å². The summed E-state index contributed by atoms with van der Waals surface area (Å²) in [6.07, 6.45) is 13.5. The van der Waals surface area contributed by atoms with Gasteiger partial charge in [-0.1, -0.05) is 96.4 Å². The van der Waals surface area contributed by atoms with Crippen molar-refractivity contribution in [2.24, 2.45) is 5.92 Å². The van der Waals surface area contributed by atoms with Crippen molar-refractivity contribution in [1.82, 2.24) is 0 Å². The minimum Gasteiger partial charge on any atom is -0.0654 e. The Balaban J connectivity index is 2.48. The molecule has 0 aromatic heterocycles. The highest BCUT2D eigenvalue weighted by Crippen LogP contribution is 2.22. The number of benzene rings is 1. The van der Waals surface area contributed by atoms with Crippen molar-refractivity contribution < 1.29 is 0 Å². The molecular formula is C20H34. The van der Waals surface area contributed by atoms with Crippen LogP contribution in [-0.4, -0.2) is 0 Å². The van der Waals surface area contributed by atoms with Crippen molar-refractivity contribution in [3.63, 3.8) is 0 Å². The van der Waals surface area contributed by atoms with Gasteiger partial charge in [-0.2, -0.15) is 0 Å². The van der Waals surface area contributed by atoms with E-state index in [-0.39, 0.29) is 0 Å². The van der Waals surface area contributed by atoms with E-state index in [4.69, 9.17) is 0 Å². The van der Waals surface area contributed by atoms with Gasteiger partial charge in [-0.3, -0.25) is 0 Å². The molecule has 1 rings (SSSR count). The van der Waals surface area contributed by atoms with Gasteiger partial charge in [0.25, 0.3) is 0 Å². The van der Waals surface area contributed by atoms with Crippen LogP contribution in [0.15, 0.2) is 24.3 Å². The van der Waals surface area contributed by atoms with Crippen LogP contribution in [0, 0.1) is 5.92 Å². The Morgan fingerprint density at radius 1 is 0.700 bits per heavy atom. The molecule has 0 amide bonds.